The predicted molar refractivity (Wildman–Crippen MR) is 78.5 cm³/mol. The molecule has 20 heavy (non-hydrogen) atoms. The summed E-state index contributed by atoms with van der Waals surface area (Å²) >= 11 is 0. The van der Waals surface area contributed by atoms with Gasteiger partial charge in [0.05, 0.1) is 12.8 Å². The second kappa shape index (κ2) is 5.97. The number of aromatic hydroxyl groups is 1. The quantitative estimate of drug-likeness (QED) is 0.750. The van der Waals surface area contributed by atoms with Crippen LogP contribution in [0.4, 0.5) is 16.2 Å². The Kier molecular flexibility index (Phi) is 4.10. The third kappa shape index (κ3) is 3.41. The molecule has 104 valence electrons. The van der Waals surface area contributed by atoms with Gasteiger partial charge in [0.2, 0.25) is 0 Å². The number of phenolic OH excluding ortho intramolecular Hbond substituents is 1. The van der Waals surface area contributed by atoms with Crippen molar-refractivity contribution in [2.75, 3.05) is 17.7 Å². The molecule has 5 nitrogen and oxygen atoms in total. The molecule has 0 radical (unpaired) electrons. The third-order valence-electron chi connectivity index (χ3n) is 2.75. The van der Waals surface area contributed by atoms with Gasteiger partial charge in [-0.1, -0.05) is 6.07 Å². The van der Waals surface area contributed by atoms with Crippen LogP contribution in [0.3, 0.4) is 0 Å². The first-order valence-corrected chi connectivity index (χ1v) is 6.10. The van der Waals surface area contributed by atoms with Gasteiger partial charge in [-0.3, -0.25) is 0 Å². The number of nitrogens with one attached hydrogen (secondary N) is 2. The average molecular weight is 272 g/mol. The van der Waals surface area contributed by atoms with E-state index in [1.165, 1.54) is 0 Å². The van der Waals surface area contributed by atoms with Crippen LogP contribution in [0.1, 0.15) is 5.56 Å². The van der Waals surface area contributed by atoms with E-state index in [0.717, 1.165) is 5.56 Å². The Morgan fingerprint density at radius 3 is 2.45 bits per heavy atom. The topological polar surface area (TPSA) is 70.6 Å². The number of amides is 2. The Balaban J connectivity index is 2.03. The highest BCUT2D eigenvalue weighted by Crippen LogP contribution is 2.24. The fourth-order valence-corrected chi connectivity index (χ4v) is 1.71. The molecule has 2 amide bonds. The number of aryl methyl sites for hydroxylation is 1. The minimum absolute atomic E-state index is 0.0282. The monoisotopic (exact) mass is 272 g/mol. The molecule has 0 saturated carbocycles. The van der Waals surface area contributed by atoms with E-state index >= 15 is 0 Å². The van der Waals surface area contributed by atoms with Crippen LogP contribution < -0.4 is 15.4 Å². The number of benzene rings is 2. The first kappa shape index (κ1) is 13.7. The summed E-state index contributed by atoms with van der Waals surface area (Å²) in [6.07, 6.45) is 0. The van der Waals surface area contributed by atoms with Crippen LogP contribution in [0.15, 0.2) is 42.5 Å². The second-order valence-corrected chi connectivity index (χ2v) is 4.33. The lowest BCUT2D eigenvalue weighted by Gasteiger charge is -2.10. The van der Waals surface area contributed by atoms with Crippen LogP contribution in [0.2, 0.25) is 0 Å². The number of hydrogen-bond donors (Lipinski definition) is 3. The zero-order valence-electron chi connectivity index (χ0n) is 11.3. The maximum Gasteiger partial charge on any atom is 0.323 e. The first-order valence-electron chi connectivity index (χ1n) is 6.10. The molecule has 0 aliphatic carbocycles. The number of hydrogen-bond acceptors (Lipinski definition) is 3. The molecule has 0 heterocycles. The van der Waals surface area contributed by atoms with E-state index in [4.69, 9.17) is 4.74 Å². The van der Waals surface area contributed by atoms with Crippen LogP contribution in [-0.2, 0) is 0 Å². The molecular weight excluding hydrogens is 256 g/mol. The normalized spacial score (nSPS) is 9.90. The van der Waals surface area contributed by atoms with Gasteiger partial charge in [0.15, 0.2) is 0 Å². The van der Waals surface area contributed by atoms with E-state index in [1.54, 1.807) is 49.6 Å². The van der Waals surface area contributed by atoms with Crippen molar-refractivity contribution in [3.8, 4) is 11.5 Å². The van der Waals surface area contributed by atoms with Gasteiger partial charge < -0.3 is 20.5 Å². The standard InChI is InChI=1S/C15H16N2O3/c1-10-3-8-14(18)13(9-10)17-15(19)16-11-4-6-12(20-2)7-5-11/h3-9,18H,1-2H3,(H2,16,17,19). The van der Waals surface area contributed by atoms with E-state index in [-0.39, 0.29) is 5.75 Å². The van der Waals surface area contributed by atoms with Crippen LogP contribution >= 0.6 is 0 Å². The number of urea groups is 1. The molecule has 0 aliphatic rings. The van der Waals surface area contributed by atoms with Gasteiger partial charge in [-0.15, -0.1) is 0 Å². The Morgan fingerprint density at radius 1 is 1.10 bits per heavy atom. The Labute approximate surface area is 117 Å². The molecule has 0 atom stereocenters. The molecule has 0 fully saturated rings. The molecule has 0 unspecified atom stereocenters. The van der Waals surface area contributed by atoms with Crippen molar-refractivity contribution < 1.29 is 14.6 Å². The zero-order valence-corrected chi connectivity index (χ0v) is 11.3. The zero-order chi connectivity index (χ0) is 14.5. The van der Waals surface area contributed by atoms with Crippen LogP contribution in [0.5, 0.6) is 11.5 Å². The predicted octanol–water partition coefficient (Wildman–Crippen LogP) is 3.35. The lowest BCUT2D eigenvalue weighted by atomic mass is 10.2. The number of rotatable bonds is 3. The fourth-order valence-electron chi connectivity index (χ4n) is 1.71. The minimum Gasteiger partial charge on any atom is -0.506 e. The molecule has 0 bridgehead atoms. The van der Waals surface area contributed by atoms with E-state index in [9.17, 15) is 9.90 Å². The van der Waals surface area contributed by atoms with E-state index in [2.05, 4.69) is 10.6 Å². The summed E-state index contributed by atoms with van der Waals surface area (Å²) in [7, 11) is 1.58. The summed E-state index contributed by atoms with van der Waals surface area (Å²) in [6.45, 7) is 1.88. The lowest BCUT2D eigenvalue weighted by Crippen LogP contribution is -2.19. The molecular formula is C15H16N2O3. The number of carbonyl (C=O) groups excluding carboxylic acids is 1. The van der Waals surface area contributed by atoms with Crippen molar-refractivity contribution in [3.05, 3.63) is 48.0 Å². The molecule has 0 aliphatic heterocycles. The number of carbonyl (C=O) groups is 1. The van der Waals surface area contributed by atoms with Crippen molar-refractivity contribution in [2.45, 2.75) is 6.92 Å². The minimum atomic E-state index is -0.420. The molecule has 5 heteroatoms. The highest BCUT2D eigenvalue weighted by Gasteiger charge is 2.06. The summed E-state index contributed by atoms with van der Waals surface area (Å²) in [4.78, 5) is 11.8. The summed E-state index contributed by atoms with van der Waals surface area (Å²) in [6, 6.07) is 11.5. The largest absolute Gasteiger partial charge is 0.506 e. The van der Waals surface area contributed by atoms with Gasteiger partial charge in [-0.2, -0.15) is 0 Å². The van der Waals surface area contributed by atoms with Gasteiger partial charge >= 0.3 is 6.03 Å². The molecule has 2 aromatic rings. The van der Waals surface area contributed by atoms with Gasteiger partial charge in [-0.25, -0.2) is 4.79 Å². The fraction of sp³-hybridized carbons (Fsp3) is 0.133. The van der Waals surface area contributed by atoms with E-state index < -0.39 is 6.03 Å². The van der Waals surface area contributed by atoms with Gasteiger partial charge in [-0.05, 0) is 48.9 Å². The van der Waals surface area contributed by atoms with Crippen molar-refractivity contribution in [1.29, 1.82) is 0 Å². The number of methoxy groups -OCH3 is 1. The Hall–Kier alpha value is -2.69. The number of phenols is 1. The number of anilines is 2. The maximum absolute atomic E-state index is 11.8. The van der Waals surface area contributed by atoms with Crippen molar-refractivity contribution in [1.82, 2.24) is 0 Å². The summed E-state index contributed by atoms with van der Waals surface area (Å²) in [5.41, 5.74) is 1.95. The van der Waals surface area contributed by atoms with Crippen molar-refractivity contribution >= 4 is 17.4 Å². The van der Waals surface area contributed by atoms with Crippen LogP contribution in [0.25, 0.3) is 0 Å². The molecule has 3 N–H and O–H groups in total. The summed E-state index contributed by atoms with van der Waals surface area (Å²) < 4.78 is 5.04. The van der Waals surface area contributed by atoms with E-state index in [1.807, 2.05) is 6.92 Å². The second-order valence-electron chi connectivity index (χ2n) is 4.33. The smallest absolute Gasteiger partial charge is 0.323 e. The van der Waals surface area contributed by atoms with E-state index in [0.29, 0.717) is 17.1 Å². The number of ether oxygens (including phenoxy) is 1. The summed E-state index contributed by atoms with van der Waals surface area (Å²) in [5, 5.41) is 14.9. The molecule has 2 rings (SSSR count). The highest BCUT2D eigenvalue weighted by molar-refractivity contribution is 6.00. The highest BCUT2D eigenvalue weighted by atomic mass is 16.5. The maximum atomic E-state index is 11.8. The van der Waals surface area contributed by atoms with Crippen molar-refractivity contribution in [3.63, 3.8) is 0 Å². The summed E-state index contributed by atoms with van der Waals surface area (Å²) in [5.74, 6) is 0.743. The van der Waals surface area contributed by atoms with Gasteiger partial charge in [0, 0.05) is 5.69 Å². The van der Waals surface area contributed by atoms with Crippen molar-refractivity contribution in [2.24, 2.45) is 0 Å². The van der Waals surface area contributed by atoms with Crippen LogP contribution in [0, 0.1) is 6.92 Å². The molecule has 0 aromatic heterocycles. The lowest BCUT2D eigenvalue weighted by molar-refractivity contribution is 0.262. The Morgan fingerprint density at radius 2 is 1.80 bits per heavy atom. The van der Waals surface area contributed by atoms with Gasteiger partial charge in [0.1, 0.15) is 11.5 Å². The average Bonchev–Trinajstić information content (AvgIpc) is 2.43. The molecule has 0 spiro atoms. The third-order valence-corrected chi connectivity index (χ3v) is 2.75. The first-order chi connectivity index (χ1) is 9.58. The van der Waals surface area contributed by atoms with Crippen LogP contribution in [-0.4, -0.2) is 18.2 Å². The van der Waals surface area contributed by atoms with Gasteiger partial charge in [0.25, 0.3) is 0 Å². The molecule has 0 saturated heterocycles. The molecule has 2 aromatic carbocycles. The SMILES string of the molecule is COc1ccc(NC(=O)Nc2cc(C)ccc2O)cc1. The Bertz CT molecular complexity index is 609.